The second kappa shape index (κ2) is 6.32. The van der Waals surface area contributed by atoms with E-state index in [2.05, 4.69) is 29.1 Å². The highest BCUT2D eigenvalue weighted by Gasteiger charge is 2.11. The van der Waals surface area contributed by atoms with E-state index in [0.29, 0.717) is 13.2 Å². The van der Waals surface area contributed by atoms with Crippen LogP contribution in [0, 0.1) is 20.8 Å². The van der Waals surface area contributed by atoms with E-state index in [9.17, 15) is 0 Å². The molecule has 1 aromatic carbocycles. The molecule has 0 radical (unpaired) electrons. The fraction of sp³-hybridized carbons (Fsp3) is 0.294. The minimum Gasteiger partial charge on any atom is -0.491 e. The monoisotopic (exact) mass is 313 g/mol. The number of aromatic nitrogens is 2. The SMILES string of the molecule is Cc1ccccc1OCCNc1ncnc2sc(C)c(C)c12. The van der Waals surface area contributed by atoms with Crippen LogP contribution in [0.5, 0.6) is 5.75 Å². The van der Waals surface area contributed by atoms with E-state index < -0.39 is 0 Å². The fourth-order valence-corrected chi connectivity index (χ4v) is 3.36. The average Bonchev–Trinajstić information content (AvgIpc) is 2.81. The smallest absolute Gasteiger partial charge is 0.138 e. The number of rotatable bonds is 5. The van der Waals surface area contributed by atoms with Crippen molar-refractivity contribution >= 4 is 27.4 Å². The maximum absolute atomic E-state index is 5.80. The first-order chi connectivity index (χ1) is 10.7. The Morgan fingerprint density at radius 1 is 1.14 bits per heavy atom. The van der Waals surface area contributed by atoms with Crippen molar-refractivity contribution in [2.45, 2.75) is 20.8 Å². The molecule has 0 amide bonds. The minimum absolute atomic E-state index is 0.596. The molecule has 5 heteroatoms. The molecule has 3 rings (SSSR count). The third kappa shape index (κ3) is 2.90. The van der Waals surface area contributed by atoms with Gasteiger partial charge in [-0.2, -0.15) is 0 Å². The van der Waals surface area contributed by atoms with Gasteiger partial charge >= 0.3 is 0 Å². The molecule has 114 valence electrons. The molecule has 0 saturated carbocycles. The number of nitrogens with one attached hydrogen (secondary N) is 1. The molecule has 0 aliphatic heterocycles. The van der Waals surface area contributed by atoms with Crippen molar-refractivity contribution in [1.82, 2.24) is 9.97 Å². The zero-order chi connectivity index (χ0) is 15.5. The van der Waals surface area contributed by atoms with Crippen LogP contribution in [0.15, 0.2) is 30.6 Å². The number of hydrogen-bond acceptors (Lipinski definition) is 5. The van der Waals surface area contributed by atoms with Gasteiger partial charge in [0.25, 0.3) is 0 Å². The first-order valence-corrected chi connectivity index (χ1v) is 8.11. The Bertz CT molecular complexity index is 798. The van der Waals surface area contributed by atoms with Crippen LogP contribution in [0.25, 0.3) is 10.2 Å². The minimum atomic E-state index is 0.596. The molecule has 0 saturated heterocycles. The van der Waals surface area contributed by atoms with Gasteiger partial charge < -0.3 is 10.1 Å². The highest BCUT2D eigenvalue weighted by molar-refractivity contribution is 7.18. The summed E-state index contributed by atoms with van der Waals surface area (Å²) in [4.78, 5) is 11.0. The highest BCUT2D eigenvalue weighted by atomic mass is 32.1. The number of anilines is 1. The lowest BCUT2D eigenvalue weighted by Crippen LogP contribution is -2.13. The molecule has 2 heterocycles. The normalized spacial score (nSPS) is 10.9. The van der Waals surface area contributed by atoms with Gasteiger partial charge in [-0.25, -0.2) is 9.97 Å². The Kier molecular flexibility index (Phi) is 4.24. The van der Waals surface area contributed by atoms with Crippen LogP contribution in [0.1, 0.15) is 16.0 Å². The molecule has 0 aliphatic carbocycles. The first kappa shape index (κ1) is 14.8. The van der Waals surface area contributed by atoms with Crippen LogP contribution < -0.4 is 10.1 Å². The average molecular weight is 313 g/mol. The van der Waals surface area contributed by atoms with Gasteiger partial charge in [-0.1, -0.05) is 18.2 Å². The lowest BCUT2D eigenvalue weighted by Gasteiger charge is -2.10. The maximum Gasteiger partial charge on any atom is 0.138 e. The molecule has 4 nitrogen and oxygen atoms in total. The van der Waals surface area contributed by atoms with Crippen LogP contribution >= 0.6 is 11.3 Å². The second-order valence-electron chi connectivity index (χ2n) is 5.23. The van der Waals surface area contributed by atoms with Gasteiger partial charge in [-0.05, 0) is 38.0 Å². The largest absolute Gasteiger partial charge is 0.491 e. The summed E-state index contributed by atoms with van der Waals surface area (Å²) in [5.74, 6) is 1.82. The van der Waals surface area contributed by atoms with E-state index in [1.165, 1.54) is 10.4 Å². The van der Waals surface area contributed by atoms with E-state index in [1.54, 1.807) is 17.7 Å². The van der Waals surface area contributed by atoms with Gasteiger partial charge in [0, 0.05) is 4.88 Å². The Hall–Kier alpha value is -2.14. The van der Waals surface area contributed by atoms with Crippen LogP contribution in [0.3, 0.4) is 0 Å². The molecule has 0 bridgehead atoms. The van der Waals surface area contributed by atoms with Crippen molar-refractivity contribution in [1.29, 1.82) is 0 Å². The Balaban J connectivity index is 1.66. The van der Waals surface area contributed by atoms with Gasteiger partial charge in [0.2, 0.25) is 0 Å². The zero-order valence-corrected chi connectivity index (χ0v) is 13.8. The molecule has 0 unspecified atom stereocenters. The van der Waals surface area contributed by atoms with E-state index in [1.807, 2.05) is 31.2 Å². The molecule has 3 aromatic rings. The number of benzene rings is 1. The van der Waals surface area contributed by atoms with E-state index in [-0.39, 0.29) is 0 Å². The van der Waals surface area contributed by atoms with Crippen molar-refractivity contribution in [2.75, 3.05) is 18.5 Å². The molecule has 22 heavy (non-hydrogen) atoms. The summed E-state index contributed by atoms with van der Waals surface area (Å²) in [7, 11) is 0. The first-order valence-electron chi connectivity index (χ1n) is 7.30. The summed E-state index contributed by atoms with van der Waals surface area (Å²) in [6.07, 6.45) is 1.61. The van der Waals surface area contributed by atoms with Crippen molar-refractivity contribution in [3.05, 3.63) is 46.6 Å². The number of thiophene rings is 1. The van der Waals surface area contributed by atoms with Crippen molar-refractivity contribution in [2.24, 2.45) is 0 Å². The summed E-state index contributed by atoms with van der Waals surface area (Å²) in [5.41, 5.74) is 2.40. The predicted molar refractivity (Wildman–Crippen MR) is 92.1 cm³/mol. The topological polar surface area (TPSA) is 47.0 Å². The standard InChI is InChI=1S/C17H19N3OS/c1-11-6-4-5-7-14(11)21-9-8-18-16-15-12(2)13(3)22-17(15)20-10-19-16/h4-7,10H,8-9H2,1-3H3,(H,18,19,20). The van der Waals surface area contributed by atoms with Crippen LogP contribution in [-0.4, -0.2) is 23.1 Å². The van der Waals surface area contributed by atoms with Crippen molar-refractivity contribution < 1.29 is 4.74 Å². The third-order valence-corrected chi connectivity index (χ3v) is 4.83. The second-order valence-corrected chi connectivity index (χ2v) is 6.43. The zero-order valence-electron chi connectivity index (χ0n) is 13.0. The molecule has 0 atom stereocenters. The van der Waals surface area contributed by atoms with Crippen LogP contribution in [-0.2, 0) is 0 Å². The quantitative estimate of drug-likeness (QED) is 0.720. The van der Waals surface area contributed by atoms with E-state index >= 15 is 0 Å². The number of fused-ring (bicyclic) bond motifs is 1. The van der Waals surface area contributed by atoms with Gasteiger partial charge in [0.1, 0.15) is 29.3 Å². The maximum atomic E-state index is 5.80. The van der Waals surface area contributed by atoms with Crippen molar-refractivity contribution in [3.63, 3.8) is 0 Å². The fourth-order valence-electron chi connectivity index (χ4n) is 2.37. The molecular weight excluding hydrogens is 294 g/mol. The summed E-state index contributed by atoms with van der Waals surface area (Å²) in [5, 5.41) is 4.49. The summed E-state index contributed by atoms with van der Waals surface area (Å²) < 4.78 is 5.80. The third-order valence-electron chi connectivity index (χ3n) is 3.71. The highest BCUT2D eigenvalue weighted by Crippen LogP contribution is 2.32. The Morgan fingerprint density at radius 2 is 1.95 bits per heavy atom. The molecule has 2 aromatic heterocycles. The number of ether oxygens (including phenoxy) is 1. The molecule has 0 aliphatic rings. The van der Waals surface area contributed by atoms with E-state index in [4.69, 9.17) is 4.74 Å². The summed E-state index contributed by atoms with van der Waals surface area (Å²) in [6, 6.07) is 8.04. The molecule has 0 fully saturated rings. The number of aryl methyl sites for hydroxylation is 3. The van der Waals surface area contributed by atoms with Crippen LogP contribution in [0.4, 0.5) is 5.82 Å². The summed E-state index contributed by atoms with van der Waals surface area (Å²) >= 11 is 1.71. The van der Waals surface area contributed by atoms with Gasteiger partial charge in [-0.3, -0.25) is 0 Å². The Morgan fingerprint density at radius 3 is 2.77 bits per heavy atom. The lowest BCUT2D eigenvalue weighted by atomic mass is 10.2. The lowest BCUT2D eigenvalue weighted by molar-refractivity contribution is 0.330. The molecule has 0 spiro atoms. The molecular formula is C17H19N3OS. The van der Waals surface area contributed by atoms with Crippen LogP contribution in [0.2, 0.25) is 0 Å². The van der Waals surface area contributed by atoms with E-state index in [0.717, 1.165) is 27.3 Å². The van der Waals surface area contributed by atoms with Crippen molar-refractivity contribution in [3.8, 4) is 5.75 Å². The number of hydrogen-bond donors (Lipinski definition) is 1. The van der Waals surface area contributed by atoms with Gasteiger partial charge in [0.15, 0.2) is 0 Å². The Labute approximate surface area is 134 Å². The van der Waals surface area contributed by atoms with Gasteiger partial charge in [0.05, 0.1) is 11.9 Å². The number of nitrogens with zero attached hydrogens (tertiary/aromatic N) is 2. The molecule has 1 N–H and O–H groups in total. The summed E-state index contributed by atoms with van der Waals surface area (Å²) in [6.45, 7) is 7.58. The predicted octanol–water partition coefficient (Wildman–Crippen LogP) is 4.11. The van der Waals surface area contributed by atoms with Gasteiger partial charge in [-0.15, -0.1) is 11.3 Å². The number of para-hydroxylation sites is 1.